The average Bonchev–Trinajstić information content (AvgIpc) is 2.64. The Bertz CT molecular complexity index is 944. The molecule has 0 fully saturated rings. The highest BCUT2D eigenvalue weighted by molar-refractivity contribution is 7.92. The normalized spacial score (nSPS) is 11.5. The third-order valence-corrected chi connectivity index (χ3v) is 6.44. The largest absolute Gasteiger partial charge is 0.354 e. The van der Waals surface area contributed by atoms with E-state index in [1.807, 2.05) is 25.9 Å². The van der Waals surface area contributed by atoms with Gasteiger partial charge < -0.3 is 10.2 Å². The number of amides is 1. The molecule has 1 amide bonds. The number of nitrogens with zero attached hydrogens (tertiary/aromatic N) is 2. The molecule has 8 heteroatoms. The molecule has 0 aliphatic rings. The number of aryl methyl sites for hydroxylation is 2. The topological polar surface area (TPSA) is 69.7 Å². The maximum atomic E-state index is 13.3. The number of halogens is 1. The number of hydrogen-bond acceptors (Lipinski definition) is 4. The first-order valence-electron chi connectivity index (χ1n) is 9.38. The molecule has 1 N–H and O–H groups in total. The summed E-state index contributed by atoms with van der Waals surface area (Å²) in [4.78, 5) is 14.7. The number of hydrogen-bond donors (Lipinski definition) is 1. The predicted molar refractivity (Wildman–Crippen MR) is 118 cm³/mol. The zero-order valence-corrected chi connectivity index (χ0v) is 18.8. The van der Waals surface area contributed by atoms with E-state index in [1.165, 1.54) is 0 Å². The Morgan fingerprint density at radius 1 is 1.07 bits per heavy atom. The van der Waals surface area contributed by atoms with Gasteiger partial charge in [-0.05, 0) is 76.8 Å². The van der Waals surface area contributed by atoms with Crippen LogP contribution in [0, 0.1) is 13.8 Å². The van der Waals surface area contributed by atoms with Crippen LogP contribution in [0.3, 0.4) is 0 Å². The average molecular weight is 438 g/mol. The van der Waals surface area contributed by atoms with Crippen molar-refractivity contribution in [1.29, 1.82) is 0 Å². The van der Waals surface area contributed by atoms with E-state index in [2.05, 4.69) is 5.32 Å². The maximum absolute atomic E-state index is 13.3. The van der Waals surface area contributed by atoms with Gasteiger partial charge in [0.05, 0.1) is 10.6 Å². The van der Waals surface area contributed by atoms with Crippen LogP contribution in [0.1, 0.15) is 17.5 Å². The highest BCUT2D eigenvalue weighted by Crippen LogP contribution is 2.28. The van der Waals surface area contributed by atoms with Gasteiger partial charge in [-0.1, -0.05) is 29.3 Å². The Morgan fingerprint density at radius 3 is 2.31 bits per heavy atom. The summed E-state index contributed by atoms with van der Waals surface area (Å²) in [5, 5.41) is 3.31. The van der Waals surface area contributed by atoms with Gasteiger partial charge in [-0.15, -0.1) is 0 Å². The first kappa shape index (κ1) is 23.2. The molecule has 0 atom stereocenters. The minimum Gasteiger partial charge on any atom is -0.354 e. The summed E-state index contributed by atoms with van der Waals surface area (Å²) in [5.74, 6) is -0.353. The van der Waals surface area contributed by atoms with Crippen LogP contribution in [0.25, 0.3) is 0 Å². The van der Waals surface area contributed by atoms with Crippen molar-refractivity contribution in [3.8, 4) is 0 Å². The number of anilines is 1. The van der Waals surface area contributed by atoms with Crippen LogP contribution in [0.5, 0.6) is 0 Å². The molecule has 0 aromatic heterocycles. The van der Waals surface area contributed by atoms with Crippen molar-refractivity contribution in [2.75, 3.05) is 38.0 Å². The summed E-state index contributed by atoms with van der Waals surface area (Å²) in [6, 6.07) is 11.5. The second-order valence-corrected chi connectivity index (χ2v) is 9.56. The van der Waals surface area contributed by atoms with Crippen molar-refractivity contribution >= 4 is 33.2 Å². The molecular formula is C21H28ClN3O3S. The van der Waals surface area contributed by atoms with Gasteiger partial charge >= 0.3 is 0 Å². The van der Waals surface area contributed by atoms with Crippen molar-refractivity contribution in [1.82, 2.24) is 10.2 Å². The highest BCUT2D eigenvalue weighted by atomic mass is 35.5. The minimum absolute atomic E-state index is 0.137. The SMILES string of the molecule is Cc1ccc(S(=O)(=O)N(CC(=O)NCCCN(C)C)c2ccc(Cl)cc2C)cc1. The van der Waals surface area contributed by atoms with Crippen molar-refractivity contribution in [3.63, 3.8) is 0 Å². The van der Waals surface area contributed by atoms with Crippen LogP contribution in [0.4, 0.5) is 5.69 Å². The number of rotatable bonds is 9. The van der Waals surface area contributed by atoms with Crippen molar-refractivity contribution in [2.45, 2.75) is 25.2 Å². The van der Waals surface area contributed by atoms with Gasteiger partial charge in [-0.2, -0.15) is 0 Å². The van der Waals surface area contributed by atoms with E-state index in [-0.39, 0.29) is 17.3 Å². The van der Waals surface area contributed by atoms with E-state index in [1.54, 1.807) is 49.4 Å². The lowest BCUT2D eigenvalue weighted by Crippen LogP contribution is -2.41. The summed E-state index contributed by atoms with van der Waals surface area (Å²) < 4.78 is 27.8. The molecule has 0 saturated heterocycles. The number of carbonyl (C=O) groups excluding carboxylic acids is 1. The molecule has 2 aromatic carbocycles. The standard InChI is InChI=1S/C21H28ClN3O3S/c1-16-6-9-19(10-7-16)29(27,28)25(20-11-8-18(22)14-17(20)2)15-21(26)23-12-5-13-24(3)4/h6-11,14H,5,12-13,15H2,1-4H3,(H,23,26). The van der Waals surface area contributed by atoms with Gasteiger partial charge in [0.2, 0.25) is 5.91 Å². The number of benzene rings is 2. The number of nitrogens with one attached hydrogen (secondary N) is 1. The molecule has 0 aliphatic heterocycles. The fourth-order valence-electron chi connectivity index (χ4n) is 2.85. The Hall–Kier alpha value is -2.09. The van der Waals surface area contributed by atoms with Crippen LogP contribution >= 0.6 is 11.6 Å². The molecule has 29 heavy (non-hydrogen) atoms. The van der Waals surface area contributed by atoms with Crippen LogP contribution < -0.4 is 9.62 Å². The molecule has 0 bridgehead atoms. The van der Waals surface area contributed by atoms with Gasteiger partial charge in [-0.3, -0.25) is 9.10 Å². The Kier molecular flexibility index (Phi) is 8.07. The Labute approximate surface area is 178 Å². The molecule has 0 radical (unpaired) electrons. The lowest BCUT2D eigenvalue weighted by Gasteiger charge is -2.26. The van der Waals surface area contributed by atoms with Crippen molar-refractivity contribution in [2.24, 2.45) is 0 Å². The van der Waals surface area contributed by atoms with Crippen molar-refractivity contribution in [3.05, 3.63) is 58.6 Å². The van der Waals surface area contributed by atoms with E-state index in [4.69, 9.17) is 11.6 Å². The summed E-state index contributed by atoms with van der Waals surface area (Å²) in [5.41, 5.74) is 2.06. The van der Waals surface area contributed by atoms with E-state index in [9.17, 15) is 13.2 Å². The number of sulfonamides is 1. The minimum atomic E-state index is -3.92. The van der Waals surface area contributed by atoms with Crippen LogP contribution in [0.15, 0.2) is 47.4 Å². The van der Waals surface area contributed by atoms with Gasteiger partial charge in [0.25, 0.3) is 10.0 Å². The Morgan fingerprint density at radius 2 is 1.72 bits per heavy atom. The first-order chi connectivity index (χ1) is 13.6. The van der Waals surface area contributed by atoms with Gasteiger partial charge in [0.15, 0.2) is 0 Å². The summed E-state index contributed by atoms with van der Waals surface area (Å²) in [6.45, 7) is 4.67. The number of carbonyl (C=O) groups is 1. The van der Waals surface area contributed by atoms with E-state index < -0.39 is 10.0 Å². The zero-order chi connectivity index (χ0) is 21.6. The van der Waals surface area contributed by atoms with Crippen molar-refractivity contribution < 1.29 is 13.2 Å². The van der Waals surface area contributed by atoms with Crippen LogP contribution in [-0.4, -0.2) is 53.0 Å². The summed E-state index contributed by atoms with van der Waals surface area (Å²) in [7, 11) is -0.00547. The summed E-state index contributed by atoms with van der Waals surface area (Å²) >= 11 is 6.03. The van der Waals surface area contributed by atoms with Gasteiger partial charge in [-0.25, -0.2) is 8.42 Å². The molecule has 0 aliphatic carbocycles. The third kappa shape index (κ3) is 6.45. The summed E-state index contributed by atoms with van der Waals surface area (Å²) in [6.07, 6.45) is 0.781. The molecule has 0 saturated carbocycles. The molecule has 0 heterocycles. The second-order valence-electron chi connectivity index (χ2n) is 7.26. The van der Waals surface area contributed by atoms with Gasteiger partial charge in [0.1, 0.15) is 6.54 Å². The first-order valence-corrected chi connectivity index (χ1v) is 11.2. The molecule has 2 aromatic rings. The highest BCUT2D eigenvalue weighted by Gasteiger charge is 2.28. The smallest absolute Gasteiger partial charge is 0.264 e. The second kappa shape index (κ2) is 10.1. The third-order valence-electron chi connectivity index (χ3n) is 4.43. The van der Waals surface area contributed by atoms with E-state index in [0.29, 0.717) is 22.8 Å². The lowest BCUT2D eigenvalue weighted by atomic mass is 10.2. The quantitative estimate of drug-likeness (QED) is 0.611. The monoisotopic (exact) mass is 437 g/mol. The molecule has 6 nitrogen and oxygen atoms in total. The fourth-order valence-corrected chi connectivity index (χ4v) is 4.56. The van der Waals surface area contributed by atoms with Crippen LogP contribution in [0.2, 0.25) is 5.02 Å². The predicted octanol–water partition coefficient (Wildman–Crippen LogP) is 3.22. The van der Waals surface area contributed by atoms with E-state index >= 15 is 0 Å². The Balaban J connectivity index is 2.31. The molecule has 0 spiro atoms. The van der Waals surface area contributed by atoms with Crippen LogP contribution in [-0.2, 0) is 14.8 Å². The molecule has 0 unspecified atom stereocenters. The molecule has 2 rings (SSSR count). The molecule has 158 valence electrons. The zero-order valence-electron chi connectivity index (χ0n) is 17.3. The lowest BCUT2D eigenvalue weighted by molar-refractivity contribution is -0.119. The maximum Gasteiger partial charge on any atom is 0.264 e. The fraction of sp³-hybridized carbons (Fsp3) is 0.381. The van der Waals surface area contributed by atoms with Gasteiger partial charge in [0, 0.05) is 11.6 Å². The molecular weight excluding hydrogens is 410 g/mol. The van der Waals surface area contributed by atoms with E-state index in [0.717, 1.165) is 22.8 Å².